The van der Waals surface area contributed by atoms with E-state index in [0.29, 0.717) is 12.1 Å². The van der Waals surface area contributed by atoms with Crippen molar-refractivity contribution in [1.29, 1.82) is 0 Å². The fraction of sp³-hybridized carbons (Fsp3) is 0.304. The normalized spacial score (nSPS) is 17.0. The highest BCUT2D eigenvalue weighted by Crippen LogP contribution is 2.27. The maximum atomic E-state index is 13.4. The molecule has 0 saturated carbocycles. The number of benzene rings is 2. The van der Waals surface area contributed by atoms with Gasteiger partial charge in [-0.15, -0.1) is 0 Å². The summed E-state index contributed by atoms with van der Waals surface area (Å²) in [6, 6.07) is 16.3. The zero-order chi connectivity index (χ0) is 19.7. The van der Waals surface area contributed by atoms with Crippen molar-refractivity contribution in [3.05, 3.63) is 72.1 Å². The molecule has 28 heavy (non-hydrogen) atoms. The summed E-state index contributed by atoms with van der Waals surface area (Å²) >= 11 is 0. The van der Waals surface area contributed by atoms with Crippen LogP contribution in [-0.2, 0) is 7.05 Å². The Morgan fingerprint density at radius 2 is 1.82 bits per heavy atom. The van der Waals surface area contributed by atoms with Crippen molar-refractivity contribution in [2.75, 3.05) is 24.5 Å². The molecule has 2 heterocycles. The highest BCUT2D eigenvalue weighted by atomic mass is 16.2. The minimum atomic E-state index is 0.0792. The molecule has 1 aliphatic heterocycles. The number of nitrogens with zero attached hydrogens (tertiary/aromatic N) is 4. The van der Waals surface area contributed by atoms with E-state index in [1.54, 1.807) is 6.20 Å². The summed E-state index contributed by atoms with van der Waals surface area (Å²) in [7, 11) is 1.95. The Balaban J connectivity index is 1.58. The molecule has 0 spiro atoms. The lowest BCUT2D eigenvalue weighted by Crippen LogP contribution is -2.54. The van der Waals surface area contributed by atoms with E-state index in [0.717, 1.165) is 24.5 Å². The Bertz CT molecular complexity index is 994. The second-order valence-corrected chi connectivity index (χ2v) is 7.49. The maximum Gasteiger partial charge on any atom is 0.254 e. The zero-order valence-corrected chi connectivity index (χ0v) is 16.7. The molecule has 1 saturated heterocycles. The summed E-state index contributed by atoms with van der Waals surface area (Å²) in [6.45, 7) is 6.66. The molecule has 3 aromatic rings. The van der Waals surface area contributed by atoms with Gasteiger partial charge in [0, 0.05) is 56.4 Å². The summed E-state index contributed by atoms with van der Waals surface area (Å²) in [5, 5.41) is 0. The molecule has 5 nitrogen and oxygen atoms in total. The Labute approximate surface area is 166 Å². The van der Waals surface area contributed by atoms with Crippen LogP contribution in [0.2, 0.25) is 0 Å². The minimum absolute atomic E-state index is 0.0792. The first-order valence-electron chi connectivity index (χ1n) is 9.74. The number of aryl methyl sites for hydroxylation is 2. The van der Waals surface area contributed by atoms with Crippen molar-refractivity contribution in [3.63, 3.8) is 0 Å². The van der Waals surface area contributed by atoms with Gasteiger partial charge in [-0.05, 0) is 31.5 Å². The molecule has 0 radical (unpaired) electrons. The SMILES string of the molecule is Cc1ccccc1N1CCN(C(=O)c2ccccc2-c2nccn2C)[C@@H](C)C1. The molecule has 0 N–H and O–H groups in total. The fourth-order valence-corrected chi connectivity index (χ4v) is 4.04. The largest absolute Gasteiger partial charge is 0.367 e. The lowest BCUT2D eigenvalue weighted by molar-refractivity contribution is 0.0675. The van der Waals surface area contributed by atoms with Gasteiger partial charge in [-0.1, -0.05) is 36.4 Å². The molecule has 0 bridgehead atoms. The Morgan fingerprint density at radius 3 is 2.54 bits per heavy atom. The number of carbonyl (C=O) groups excluding carboxylic acids is 1. The fourth-order valence-electron chi connectivity index (χ4n) is 4.04. The van der Waals surface area contributed by atoms with E-state index in [9.17, 15) is 4.79 Å². The van der Waals surface area contributed by atoms with Gasteiger partial charge in [-0.25, -0.2) is 4.98 Å². The van der Waals surface area contributed by atoms with Crippen molar-refractivity contribution >= 4 is 11.6 Å². The van der Waals surface area contributed by atoms with Crippen LogP contribution in [0.1, 0.15) is 22.8 Å². The monoisotopic (exact) mass is 374 g/mol. The number of hydrogen-bond donors (Lipinski definition) is 0. The van der Waals surface area contributed by atoms with E-state index < -0.39 is 0 Å². The summed E-state index contributed by atoms with van der Waals surface area (Å²) in [6.07, 6.45) is 3.67. The highest BCUT2D eigenvalue weighted by molar-refractivity contribution is 6.00. The van der Waals surface area contributed by atoms with Gasteiger partial charge in [0.25, 0.3) is 5.91 Å². The second kappa shape index (κ2) is 7.50. The summed E-state index contributed by atoms with van der Waals surface area (Å²) < 4.78 is 1.95. The average Bonchev–Trinajstić information content (AvgIpc) is 3.13. The van der Waals surface area contributed by atoms with Crippen molar-refractivity contribution < 1.29 is 4.79 Å². The lowest BCUT2D eigenvalue weighted by Gasteiger charge is -2.41. The number of para-hydroxylation sites is 1. The van der Waals surface area contributed by atoms with Crippen LogP contribution in [0.3, 0.4) is 0 Å². The number of aromatic nitrogens is 2. The number of hydrogen-bond acceptors (Lipinski definition) is 3. The first-order valence-corrected chi connectivity index (χ1v) is 9.74. The molecular weight excluding hydrogens is 348 g/mol. The first-order chi connectivity index (χ1) is 13.6. The predicted molar refractivity (Wildman–Crippen MR) is 113 cm³/mol. The Hall–Kier alpha value is -3.08. The number of rotatable bonds is 3. The molecular formula is C23H26N4O. The van der Waals surface area contributed by atoms with E-state index in [2.05, 4.69) is 48.0 Å². The van der Waals surface area contributed by atoms with Gasteiger partial charge >= 0.3 is 0 Å². The van der Waals surface area contributed by atoms with Gasteiger partial charge in [0.05, 0.1) is 5.56 Å². The third-order valence-corrected chi connectivity index (χ3v) is 5.56. The van der Waals surface area contributed by atoms with Gasteiger partial charge in [0.2, 0.25) is 0 Å². The van der Waals surface area contributed by atoms with E-state index in [1.165, 1.54) is 11.3 Å². The average molecular weight is 374 g/mol. The van der Waals surface area contributed by atoms with Gasteiger partial charge in [0.15, 0.2) is 0 Å². The number of amides is 1. The van der Waals surface area contributed by atoms with Crippen molar-refractivity contribution in [2.24, 2.45) is 7.05 Å². The van der Waals surface area contributed by atoms with Crippen LogP contribution in [0, 0.1) is 6.92 Å². The van der Waals surface area contributed by atoms with Gasteiger partial charge < -0.3 is 14.4 Å². The lowest BCUT2D eigenvalue weighted by atomic mass is 10.0. The van der Waals surface area contributed by atoms with Crippen LogP contribution >= 0.6 is 0 Å². The number of imidazole rings is 1. The van der Waals surface area contributed by atoms with E-state index in [1.807, 2.05) is 47.0 Å². The number of piperazine rings is 1. The molecule has 4 rings (SSSR count). The summed E-state index contributed by atoms with van der Waals surface area (Å²) in [5.74, 6) is 0.894. The summed E-state index contributed by atoms with van der Waals surface area (Å²) in [5.41, 5.74) is 4.13. The van der Waals surface area contributed by atoms with E-state index in [4.69, 9.17) is 0 Å². The third kappa shape index (κ3) is 3.28. The zero-order valence-electron chi connectivity index (χ0n) is 16.7. The molecule has 2 aromatic carbocycles. The first kappa shape index (κ1) is 18.3. The molecule has 5 heteroatoms. The molecule has 0 unspecified atom stereocenters. The summed E-state index contributed by atoms with van der Waals surface area (Å²) in [4.78, 5) is 22.2. The van der Waals surface area contributed by atoms with Gasteiger partial charge in [-0.2, -0.15) is 0 Å². The minimum Gasteiger partial charge on any atom is -0.367 e. The number of anilines is 1. The van der Waals surface area contributed by atoms with E-state index in [-0.39, 0.29) is 11.9 Å². The molecule has 1 aromatic heterocycles. The van der Waals surface area contributed by atoms with Crippen LogP contribution in [0.4, 0.5) is 5.69 Å². The van der Waals surface area contributed by atoms with Crippen LogP contribution in [0.5, 0.6) is 0 Å². The topological polar surface area (TPSA) is 41.4 Å². The quantitative estimate of drug-likeness (QED) is 0.701. The van der Waals surface area contributed by atoms with Gasteiger partial charge in [0.1, 0.15) is 5.82 Å². The molecule has 1 atom stereocenters. The highest BCUT2D eigenvalue weighted by Gasteiger charge is 2.30. The van der Waals surface area contributed by atoms with Crippen LogP contribution in [0.25, 0.3) is 11.4 Å². The smallest absolute Gasteiger partial charge is 0.254 e. The predicted octanol–water partition coefficient (Wildman–Crippen LogP) is 3.75. The van der Waals surface area contributed by atoms with Crippen molar-refractivity contribution in [2.45, 2.75) is 19.9 Å². The molecule has 1 fully saturated rings. The maximum absolute atomic E-state index is 13.4. The van der Waals surface area contributed by atoms with Crippen molar-refractivity contribution in [1.82, 2.24) is 14.5 Å². The standard InChI is InChI=1S/C23H26N4O/c1-17-8-4-7-11-21(17)26-14-15-27(18(2)16-26)23(28)20-10-6-5-9-19(20)22-24-12-13-25(22)3/h4-13,18H,14-16H2,1-3H3/t18-/m0/s1. The Morgan fingerprint density at radius 1 is 1.07 bits per heavy atom. The Kier molecular flexibility index (Phi) is 4.90. The molecule has 1 amide bonds. The molecule has 1 aliphatic rings. The third-order valence-electron chi connectivity index (χ3n) is 5.56. The molecule has 0 aliphatic carbocycles. The van der Waals surface area contributed by atoms with Crippen LogP contribution in [-0.4, -0.2) is 46.0 Å². The number of carbonyl (C=O) groups is 1. The van der Waals surface area contributed by atoms with Crippen LogP contribution < -0.4 is 4.90 Å². The molecule has 144 valence electrons. The van der Waals surface area contributed by atoms with Crippen molar-refractivity contribution in [3.8, 4) is 11.4 Å². The van der Waals surface area contributed by atoms with Gasteiger partial charge in [-0.3, -0.25) is 4.79 Å². The van der Waals surface area contributed by atoms with E-state index >= 15 is 0 Å². The van der Waals surface area contributed by atoms with Crippen LogP contribution in [0.15, 0.2) is 60.9 Å². The second-order valence-electron chi connectivity index (χ2n) is 7.49.